The van der Waals surface area contributed by atoms with Gasteiger partial charge in [-0.3, -0.25) is 0 Å². The molecule has 2 N–H and O–H groups in total. The first kappa shape index (κ1) is 22.9. The Bertz CT molecular complexity index is 376. The van der Waals surface area contributed by atoms with Gasteiger partial charge in [0.15, 0.2) is 0 Å². The van der Waals surface area contributed by atoms with Crippen LogP contribution in [0.25, 0.3) is 0 Å². The molecule has 12 heteroatoms. The van der Waals surface area contributed by atoms with Crippen molar-refractivity contribution in [3.05, 3.63) is 0 Å². The standard InChI is InChI=1S/C6H2O10.2Ca.4H/c7-1(8)3(11)15-5(13)6(14)16-4(12)2(9)10;;;;;;/h(H,7,8)(H,9,10);;;;;;/q;2*+2;4*-1. The Labute approximate surface area is 164 Å². The van der Waals surface area contributed by atoms with Gasteiger partial charge in [0, 0.05) is 0 Å². The largest absolute Gasteiger partial charge is 2.00 e. The van der Waals surface area contributed by atoms with Gasteiger partial charge < -0.3 is 25.4 Å². The van der Waals surface area contributed by atoms with Gasteiger partial charge >= 0.3 is 111 Å². The smallest absolute Gasteiger partial charge is 1.00 e. The Morgan fingerprint density at radius 3 is 1.00 bits per heavy atom. The van der Waals surface area contributed by atoms with E-state index in [1.807, 2.05) is 0 Å². The average molecular weight is 318 g/mol. The van der Waals surface area contributed by atoms with Crippen molar-refractivity contribution < 1.29 is 54.2 Å². The number of hydrogen-bond acceptors (Lipinski definition) is 8. The fourth-order valence-corrected chi connectivity index (χ4v) is 0.339. The van der Waals surface area contributed by atoms with Gasteiger partial charge in [0.25, 0.3) is 0 Å². The molecular weight excluding hydrogens is 312 g/mol. The molecule has 0 aromatic rings. The summed E-state index contributed by atoms with van der Waals surface area (Å²) in [5.41, 5.74) is 0. The van der Waals surface area contributed by atoms with Gasteiger partial charge in [-0.1, -0.05) is 0 Å². The zero-order valence-electron chi connectivity index (χ0n) is 12.6. The molecule has 0 aliphatic carbocycles. The van der Waals surface area contributed by atoms with Crippen molar-refractivity contribution in [2.75, 3.05) is 0 Å². The van der Waals surface area contributed by atoms with Crippen LogP contribution in [0.4, 0.5) is 0 Å². The number of rotatable bonds is 0. The monoisotopic (exact) mass is 318 g/mol. The van der Waals surface area contributed by atoms with E-state index in [-0.39, 0.29) is 81.2 Å². The van der Waals surface area contributed by atoms with Gasteiger partial charge in [0.2, 0.25) is 0 Å². The predicted molar refractivity (Wildman–Crippen MR) is 53.4 cm³/mol. The van der Waals surface area contributed by atoms with Crippen LogP contribution < -0.4 is 0 Å². The maximum absolute atomic E-state index is 10.5. The summed E-state index contributed by atoms with van der Waals surface area (Å²) < 4.78 is 6.71. The summed E-state index contributed by atoms with van der Waals surface area (Å²) in [6.07, 6.45) is 0. The molecule has 0 radical (unpaired) electrons. The van der Waals surface area contributed by atoms with E-state index in [9.17, 15) is 28.8 Å². The Balaban J connectivity index is -0.0000000750. The van der Waals surface area contributed by atoms with Crippen LogP contribution in [-0.4, -0.2) is 122 Å². The number of carbonyl (C=O) groups is 6. The third-order valence-electron chi connectivity index (χ3n) is 0.887. The van der Waals surface area contributed by atoms with E-state index < -0.39 is 35.8 Å². The Hall–Kier alpha value is -0.261. The molecule has 94 valence electrons. The van der Waals surface area contributed by atoms with Gasteiger partial charge in [0.1, 0.15) is 0 Å². The number of ether oxygens (including phenoxy) is 2. The minimum atomic E-state index is -2.16. The van der Waals surface area contributed by atoms with E-state index in [4.69, 9.17) is 10.2 Å². The minimum Gasteiger partial charge on any atom is -1.00 e. The van der Waals surface area contributed by atoms with Gasteiger partial charge in [0.05, 0.1) is 0 Å². The zero-order valence-corrected chi connectivity index (χ0v) is 13.0. The molecule has 0 spiro atoms. The van der Waals surface area contributed by atoms with Crippen molar-refractivity contribution in [2.24, 2.45) is 0 Å². The number of carboxylic acid groups (broad SMARTS) is 2. The van der Waals surface area contributed by atoms with E-state index in [0.29, 0.717) is 0 Å². The first-order chi connectivity index (χ1) is 7.25. The van der Waals surface area contributed by atoms with E-state index in [0.717, 1.165) is 0 Å². The van der Waals surface area contributed by atoms with E-state index in [2.05, 4.69) is 9.47 Å². The van der Waals surface area contributed by atoms with Gasteiger partial charge in [-0.25, -0.2) is 28.8 Å². The molecule has 0 heterocycles. The van der Waals surface area contributed by atoms with Crippen LogP contribution in [0, 0.1) is 0 Å². The van der Waals surface area contributed by atoms with Crippen molar-refractivity contribution in [1.29, 1.82) is 0 Å². The van der Waals surface area contributed by atoms with Crippen LogP contribution >= 0.6 is 0 Å². The number of hydrogen-bond donors (Lipinski definition) is 2. The van der Waals surface area contributed by atoms with Gasteiger partial charge in [-0.15, -0.1) is 0 Å². The average Bonchev–Trinajstić information content (AvgIpc) is 2.16. The Morgan fingerprint density at radius 2 is 0.833 bits per heavy atom. The molecule has 0 aliphatic rings. The first-order valence-corrected chi connectivity index (χ1v) is 3.24. The van der Waals surface area contributed by atoms with Gasteiger partial charge in [-0.05, 0) is 0 Å². The molecule has 0 fully saturated rings. The van der Waals surface area contributed by atoms with Crippen LogP contribution in [0.1, 0.15) is 5.71 Å². The summed E-state index contributed by atoms with van der Waals surface area (Å²) >= 11 is 0. The minimum absolute atomic E-state index is 0. The maximum atomic E-state index is 10.5. The second kappa shape index (κ2) is 10.6. The number of carboxylic acids is 2. The molecule has 0 saturated heterocycles. The first-order valence-electron chi connectivity index (χ1n) is 3.24. The number of esters is 4. The molecule has 0 bridgehead atoms. The quantitative estimate of drug-likeness (QED) is 0.203. The Kier molecular flexibility index (Phi) is 13.5. The number of aliphatic carboxylic acids is 2. The van der Waals surface area contributed by atoms with Crippen molar-refractivity contribution in [3.63, 3.8) is 0 Å². The van der Waals surface area contributed by atoms with Crippen LogP contribution in [0.2, 0.25) is 0 Å². The molecule has 0 rings (SSSR count). The maximum Gasteiger partial charge on any atom is 2.00 e. The summed E-state index contributed by atoms with van der Waals surface area (Å²) in [7, 11) is 0. The van der Waals surface area contributed by atoms with E-state index in [1.165, 1.54) is 0 Å². The van der Waals surface area contributed by atoms with Crippen LogP contribution in [0.5, 0.6) is 0 Å². The SMILES string of the molecule is O=C(O)C(=O)OC(=O)C(=O)OC(=O)C(=O)O.[Ca+2].[Ca+2].[H-].[H-].[H-].[H-]. The van der Waals surface area contributed by atoms with Gasteiger partial charge in [-0.2, -0.15) is 0 Å². The van der Waals surface area contributed by atoms with Crippen molar-refractivity contribution >= 4 is 111 Å². The molecule has 0 saturated carbocycles. The van der Waals surface area contributed by atoms with E-state index in [1.54, 1.807) is 0 Å². The molecule has 0 aliphatic heterocycles. The van der Waals surface area contributed by atoms with Crippen molar-refractivity contribution in [3.8, 4) is 0 Å². The van der Waals surface area contributed by atoms with E-state index >= 15 is 0 Å². The summed E-state index contributed by atoms with van der Waals surface area (Å²) in [5.74, 6) is -12.7. The topological polar surface area (TPSA) is 161 Å². The molecule has 0 atom stereocenters. The molecule has 18 heavy (non-hydrogen) atoms. The van der Waals surface area contributed by atoms with Crippen molar-refractivity contribution in [1.82, 2.24) is 0 Å². The molecule has 0 aromatic carbocycles. The van der Waals surface area contributed by atoms with Crippen LogP contribution in [0.15, 0.2) is 0 Å². The molecule has 0 amide bonds. The second-order valence-corrected chi connectivity index (χ2v) is 1.96. The third-order valence-corrected chi connectivity index (χ3v) is 0.887. The summed E-state index contributed by atoms with van der Waals surface area (Å²) in [5, 5.41) is 15.9. The molecule has 10 nitrogen and oxygen atoms in total. The normalized spacial score (nSPS) is 7.78. The second-order valence-electron chi connectivity index (χ2n) is 1.96. The summed E-state index contributed by atoms with van der Waals surface area (Å²) in [6, 6.07) is 0. The van der Waals surface area contributed by atoms with Crippen molar-refractivity contribution in [2.45, 2.75) is 0 Å². The summed E-state index contributed by atoms with van der Waals surface area (Å²) in [6.45, 7) is 0. The Morgan fingerprint density at radius 1 is 0.611 bits per heavy atom. The zero-order chi connectivity index (χ0) is 12.9. The van der Waals surface area contributed by atoms with Crippen LogP contribution in [0.3, 0.4) is 0 Å². The molecule has 0 unspecified atom stereocenters. The third kappa shape index (κ3) is 8.78. The number of carbonyl (C=O) groups excluding carboxylic acids is 4. The fraction of sp³-hybridized carbons (Fsp3) is 0. The van der Waals surface area contributed by atoms with Crippen LogP contribution in [-0.2, 0) is 38.2 Å². The fourth-order valence-electron chi connectivity index (χ4n) is 0.339. The molecular formula is C6H6Ca2O10. The molecule has 0 aromatic heterocycles. The summed E-state index contributed by atoms with van der Waals surface area (Å²) in [4.78, 5) is 61.1. The predicted octanol–water partition coefficient (Wildman–Crippen LogP) is -3.02.